The molecule has 8 heteroatoms. The fourth-order valence-electron chi connectivity index (χ4n) is 2.94. The third-order valence-corrected chi connectivity index (χ3v) is 4.43. The molecule has 0 saturated carbocycles. The smallest absolute Gasteiger partial charge is 0.247 e. The molecule has 3 rings (SSSR count). The lowest BCUT2D eigenvalue weighted by Gasteiger charge is -2.31. The molecule has 1 aromatic heterocycles. The molecule has 0 aliphatic carbocycles. The number of rotatable bonds is 7. The van der Waals surface area contributed by atoms with Crippen molar-refractivity contribution in [1.29, 1.82) is 0 Å². The summed E-state index contributed by atoms with van der Waals surface area (Å²) >= 11 is 0. The molecule has 3 heterocycles. The molecule has 0 spiro atoms. The number of morpholine rings is 1. The highest BCUT2D eigenvalue weighted by molar-refractivity contribution is 5.76. The van der Waals surface area contributed by atoms with Crippen LogP contribution in [0.2, 0.25) is 0 Å². The third-order valence-electron chi connectivity index (χ3n) is 4.43. The molecule has 2 aliphatic heterocycles. The lowest BCUT2D eigenvalue weighted by Crippen LogP contribution is -2.42. The van der Waals surface area contributed by atoms with Gasteiger partial charge in [-0.3, -0.25) is 4.79 Å². The molecule has 2 saturated heterocycles. The van der Waals surface area contributed by atoms with Crippen molar-refractivity contribution in [2.45, 2.75) is 51.2 Å². The van der Waals surface area contributed by atoms with Gasteiger partial charge in [0, 0.05) is 19.1 Å². The fourth-order valence-corrected chi connectivity index (χ4v) is 2.94. The van der Waals surface area contributed by atoms with E-state index in [4.69, 9.17) is 18.6 Å². The summed E-state index contributed by atoms with van der Waals surface area (Å²) in [5.74, 6) is 1.26. The molecule has 8 nitrogen and oxygen atoms in total. The normalized spacial score (nSPS) is 24.2. The standard InChI is InChI=1S/C17H27N3O5/c1-12(2)16-18-19-17(25-16)14-10-20(6-9-24-14)15(21)5-8-22-11-13-4-3-7-23-13/h12-14H,3-11H2,1-2H3. The van der Waals surface area contributed by atoms with Crippen molar-refractivity contribution in [3.63, 3.8) is 0 Å². The van der Waals surface area contributed by atoms with Gasteiger partial charge in [-0.05, 0) is 12.8 Å². The Labute approximate surface area is 147 Å². The van der Waals surface area contributed by atoms with Crippen molar-refractivity contribution in [2.75, 3.05) is 39.5 Å². The second kappa shape index (κ2) is 8.73. The van der Waals surface area contributed by atoms with Crippen molar-refractivity contribution in [2.24, 2.45) is 0 Å². The average molecular weight is 353 g/mol. The summed E-state index contributed by atoms with van der Waals surface area (Å²) in [4.78, 5) is 14.2. The van der Waals surface area contributed by atoms with E-state index in [9.17, 15) is 4.79 Å². The van der Waals surface area contributed by atoms with E-state index < -0.39 is 0 Å². The summed E-state index contributed by atoms with van der Waals surface area (Å²) < 4.78 is 22.4. The maximum Gasteiger partial charge on any atom is 0.247 e. The Morgan fingerprint density at radius 2 is 2.20 bits per heavy atom. The SMILES string of the molecule is CC(C)c1nnc(C2CN(C(=O)CCOCC3CCCO3)CCO2)o1. The van der Waals surface area contributed by atoms with Crippen LogP contribution in [0.4, 0.5) is 0 Å². The van der Waals surface area contributed by atoms with Crippen LogP contribution >= 0.6 is 0 Å². The molecule has 2 fully saturated rings. The van der Waals surface area contributed by atoms with Crippen LogP contribution in [0, 0.1) is 0 Å². The first-order valence-corrected chi connectivity index (χ1v) is 9.05. The molecule has 140 valence electrons. The second-order valence-corrected chi connectivity index (χ2v) is 6.79. The fraction of sp³-hybridized carbons (Fsp3) is 0.824. The summed E-state index contributed by atoms with van der Waals surface area (Å²) in [5, 5.41) is 8.08. The number of ether oxygens (including phenoxy) is 3. The summed E-state index contributed by atoms with van der Waals surface area (Å²) in [7, 11) is 0. The Kier molecular flexibility index (Phi) is 6.39. The first kappa shape index (κ1) is 18.3. The van der Waals surface area contributed by atoms with E-state index in [1.54, 1.807) is 4.90 Å². The van der Waals surface area contributed by atoms with Crippen LogP contribution in [-0.4, -0.2) is 66.6 Å². The molecule has 25 heavy (non-hydrogen) atoms. The third kappa shape index (κ3) is 4.99. The van der Waals surface area contributed by atoms with E-state index in [1.165, 1.54) is 0 Å². The van der Waals surface area contributed by atoms with Crippen LogP contribution in [0.25, 0.3) is 0 Å². The molecular weight excluding hydrogens is 326 g/mol. The minimum Gasteiger partial charge on any atom is -0.422 e. The van der Waals surface area contributed by atoms with Crippen molar-refractivity contribution in [1.82, 2.24) is 15.1 Å². The van der Waals surface area contributed by atoms with Gasteiger partial charge in [0.25, 0.3) is 0 Å². The predicted octanol–water partition coefficient (Wildman–Crippen LogP) is 1.68. The van der Waals surface area contributed by atoms with Gasteiger partial charge in [0.15, 0.2) is 6.10 Å². The number of amides is 1. The van der Waals surface area contributed by atoms with Gasteiger partial charge in [0.2, 0.25) is 17.7 Å². The van der Waals surface area contributed by atoms with Crippen LogP contribution in [0.5, 0.6) is 0 Å². The van der Waals surface area contributed by atoms with Gasteiger partial charge in [-0.1, -0.05) is 13.8 Å². The highest BCUT2D eigenvalue weighted by Gasteiger charge is 2.29. The zero-order valence-electron chi connectivity index (χ0n) is 15.0. The molecule has 0 bridgehead atoms. The van der Waals surface area contributed by atoms with Crippen LogP contribution in [-0.2, 0) is 19.0 Å². The number of carbonyl (C=O) groups excluding carboxylic acids is 1. The minimum absolute atomic E-state index is 0.0595. The number of hydrogen-bond acceptors (Lipinski definition) is 7. The molecular formula is C17H27N3O5. The van der Waals surface area contributed by atoms with Crippen LogP contribution < -0.4 is 0 Å². The summed E-state index contributed by atoms with van der Waals surface area (Å²) in [6.45, 7) is 7.26. The molecule has 1 amide bonds. The largest absolute Gasteiger partial charge is 0.422 e. The Balaban J connectivity index is 1.42. The molecule has 0 aromatic carbocycles. The van der Waals surface area contributed by atoms with E-state index in [2.05, 4.69) is 10.2 Å². The van der Waals surface area contributed by atoms with E-state index >= 15 is 0 Å². The molecule has 0 radical (unpaired) electrons. The molecule has 2 atom stereocenters. The summed E-state index contributed by atoms with van der Waals surface area (Å²) in [5.41, 5.74) is 0. The molecule has 0 N–H and O–H groups in total. The maximum atomic E-state index is 12.4. The Morgan fingerprint density at radius 1 is 1.32 bits per heavy atom. The van der Waals surface area contributed by atoms with Crippen molar-refractivity contribution in [3.05, 3.63) is 11.8 Å². The van der Waals surface area contributed by atoms with Gasteiger partial charge in [0.1, 0.15) is 0 Å². The van der Waals surface area contributed by atoms with Crippen molar-refractivity contribution in [3.8, 4) is 0 Å². The number of carbonyl (C=O) groups is 1. The zero-order valence-corrected chi connectivity index (χ0v) is 15.0. The molecule has 2 aliphatic rings. The van der Waals surface area contributed by atoms with E-state index in [0.717, 1.165) is 19.4 Å². The lowest BCUT2D eigenvalue weighted by atomic mass is 10.2. The summed E-state index contributed by atoms with van der Waals surface area (Å²) in [6.07, 6.45) is 2.33. The van der Waals surface area contributed by atoms with Crippen LogP contribution in [0.15, 0.2) is 4.42 Å². The van der Waals surface area contributed by atoms with Gasteiger partial charge in [0.05, 0.1) is 38.9 Å². The minimum atomic E-state index is -0.356. The van der Waals surface area contributed by atoms with E-state index in [1.807, 2.05) is 13.8 Å². The Hall–Kier alpha value is -1.51. The topological polar surface area (TPSA) is 86.9 Å². The number of nitrogens with zero attached hydrogens (tertiary/aromatic N) is 3. The monoisotopic (exact) mass is 353 g/mol. The molecule has 1 aromatic rings. The van der Waals surface area contributed by atoms with E-state index in [0.29, 0.717) is 51.1 Å². The Bertz CT molecular complexity index is 556. The van der Waals surface area contributed by atoms with Gasteiger partial charge < -0.3 is 23.5 Å². The van der Waals surface area contributed by atoms with Crippen molar-refractivity contribution < 1.29 is 23.4 Å². The van der Waals surface area contributed by atoms with Gasteiger partial charge in [-0.2, -0.15) is 0 Å². The quantitative estimate of drug-likeness (QED) is 0.689. The van der Waals surface area contributed by atoms with Crippen LogP contribution in [0.1, 0.15) is 56.9 Å². The first-order valence-electron chi connectivity index (χ1n) is 9.05. The molecule has 2 unspecified atom stereocenters. The highest BCUT2D eigenvalue weighted by atomic mass is 16.5. The maximum absolute atomic E-state index is 12.4. The summed E-state index contributed by atoms with van der Waals surface area (Å²) in [6, 6.07) is 0. The number of aromatic nitrogens is 2. The number of hydrogen-bond donors (Lipinski definition) is 0. The van der Waals surface area contributed by atoms with Gasteiger partial charge >= 0.3 is 0 Å². The zero-order chi connectivity index (χ0) is 17.6. The first-order chi connectivity index (χ1) is 12.1. The Morgan fingerprint density at radius 3 is 2.92 bits per heavy atom. The van der Waals surface area contributed by atoms with Crippen molar-refractivity contribution >= 4 is 5.91 Å². The van der Waals surface area contributed by atoms with E-state index in [-0.39, 0.29) is 24.0 Å². The van der Waals surface area contributed by atoms with Gasteiger partial charge in [-0.25, -0.2) is 0 Å². The van der Waals surface area contributed by atoms with Gasteiger partial charge in [-0.15, -0.1) is 10.2 Å². The average Bonchev–Trinajstić information content (AvgIpc) is 3.30. The predicted molar refractivity (Wildman–Crippen MR) is 88.1 cm³/mol. The lowest BCUT2D eigenvalue weighted by molar-refractivity contribution is -0.141. The highest BCUT2D eigenvalue weighted by Crippen LogP contribution is 2.23. The van der Waals surface area contributed by atoms with Crippen LogP contribution in [0.3, 0.4) is 0 Å². The second-order valence-electron chi connectivity index (χ2n) is 6.79.